The molecular weight excluding hydrogens is 538 g/mol. The topological polar surface area (TPSA) is 87.9 Å². The molecular formula is C24H28FIN4O3. The van der Waals surface area contributed by atoms with Crippen LogP contribution in [0.25, 0.3) is 0 Å². The molecule has 3 N–H and O–H groups in total. The first-order valence-corrected chi connectivity index (χ1v) is 10.4. The first kappa shape index (κ1) is 26.2. The number of nitrogens with zero attached hydrogens (tertiary/aromatic N) is 1. The predicted molar refractivity (Wildman–Crippen MR) is 138 cm³/mol. The Balaban J connectivity index is 0.00000385. The third-order valence-electron chi connectivity index (χ3n) is 4.66. The fourth-order valence-corrected chi connectivity index (χ4v) is 2.98. The largest absolute Gasteiger partial charge is 0.489 e. The van der Waals surface area contributed by atoms with Crippen LogP contribution in [0.3, 0.4) is 0 Å². The molecule has 176 valence electrons. The van der Waals surface area contributed by atoms with Gasteiger partial charge in [0, 0.05) is 25.3 Å². The molecule has 3 rings (SSSR count). The van der Waals surface area contributed by atoms with Gasteiger partial charge in [-0.15, -0.1) is 24.0 Å². The molecule has 33 heavy (non-hydrogen) atoms. The fraction of sp³-hybridized carbons (Fsp3) is 0.250. The molecule has 3 aromatic rings. The molecule has 2 aromatic carbocycles. The summed E-state index contributed by atoms with van der Waals surface area (Å²) in [6.07, 6.45) is 2.06. The number of hydrogen-bond donors (Lipinski definition) is 3. The Morgan fingerprint density at radius 1 is 1.12 bits per heavy atom. The van der Waals surface area contributed by atoms with Crippen molar-refractivity contribution in [2.45, 2.75) is 26.0 Å². The van der Waals surface area contributed by atoms with Crippen molar-refractivity contribution in [2.75, 3.05) is 18.9 Å². The summed E-state index contributed by atoms with van der Waals surface area (Å²) >= 11 is 0. The smallest absolute Gasteiger partial charge is 0.291 e. The number of carbonyl (C=O) groups is 1. The molecule has 0 radical (unpaired) electrons. The molecule has 0 spiro atoms. The summed E-state index contributed by atoms with van der Waals surface area (Å²) in [5, 5.41) is 9.28. The van der Waals surface area contributed by atoms with Crippen molar-refractivity contribution in [1.82, 2.24) is 10.6 Å². The van der Waals surface area contributed by atoms with Crippen LogP contribution in [0.5, 0.6) is 5.75 Å². The van der Waals surface area contributed by atoms with Crippen molar-refractivity contribution >= 4 is 41.5 Å². The van der Waals surface area contributed by atoms with Gasteiger partial charge in [0.2, 0.25) is 0 Å². The third kappa shape index (κ3) is 8.41. The van der Waals surface area contributed by atoms with Crippen molar-refractivity contribution in [1.29, 1.82) is 0 Å². The van der Waals surface area contributed by atoms with E-state index >= 15 is 0 Å². The number of amides is 1. The van der Waals surface area contributed by atoms with Crippen LogP contribution in [0.1, 0.15) is 29.5 Å². The molecule has 1 atom stereocenters. The lowest BCUT2D eigenvalue weighted by Crippen LogP contribution is -2.42. The lowest BCUT2D eigenvalue weighted by molar-refractivity contribution is 0.0996. The second kappa shape index (κ2) is 13.5. The Hall–Kier alpha value is -3.08. The lowest BCUT2D eigenvalue weighted by Gasteiger charge is -2.20. The monoisotopic (exact) mass is 566 g/mol. The summed E-state index contributed by atoms with van der Waals surface area (Å²) in [4.78, 5) is 16.4. The Bertz CT molecular complexity index is 1040. The van der Waals surface area contributed by atoms with Gasteiger partial charge in [-0.2, -0.15) is 0 Å². The highest BCUT2D eigenvalue weighted by Gasteiger charge is 2.11. The summed E-state index contributed by atoms with van der Waals surface area (Å²) in [6, 6.07) is 16.9. The van der Waals surface area contributed by atoms with E-state index in [9.17, 15) is 9.18 Å². The van der Waals surface area contributed by atoms with E-state index in [2.05, 4.69) is 20.9 Å². The molecule has 0 aliphatic rings. The summed E-state index contributed by atoms with van der Waals surface area (Å²) < 4.78 is 24.3. The highest BCUT2D eigenvalue weighted by molar-refractivity contribution is 14.0. The zero-order valence-electron chi connectivity index (χ0n) is 18.5. The molecule has 1 amide bonds. The first-order valence-electron chi connectivity index (χ1n) is 10.4. The SMILES string of the molecule is CCC(CNC(=NC)NCc1cccc(NC(=O)c2ccco2)c1)Oc1cccc(F)c1.I. The Morgan fingerprint density at radius 2 is 1.94 bits per heavy atom. The van der Waals surface area contributed by atoms with Gasteiger partial charge in [0.1, 0.15) is 17.7 Å². The lowest BCUT2D eigenvalue weighted by atomic mass is 10.2. The number of anilines is 1. The number of ether oxygens (including phenoxy) is 1. The minimum Gasteiger partial charge on any atom is -0.489 e. The number of furan rings is 1. The maximum atomic E-state index is 13.4. The standard InChI is InChI=1S/C24H27FN4O3.HI/c1-3-20(32-21-10-5-8-18(25)14-21)16-28-24(26-2)27-15-17-7-4-9-19(13-17)29-23(30)22-11-6-12-31-22;/h4-14,20H,3,15-16H2,1-2H3,(H,29,30)(H2,26,27,28);1H. The highest BCUT2D eigenvalue weighted by Crippen LogP contribution is 2.15. The van der Waals surface area contributed by atoms with E-state index in [-0.39, 0.29) is 47.6 Å². The number of hydrogen-bond acceptors (Lipinski definition) is 4. The number of rotatable bonds is 9. The number of guanidine groups is 1. The van der Waals surface area contributed by atoms with Crippen LogP contribution in [0.15, 0.2) is 76.3 Å². The zero-order chi connectivity index (χ0) is 22.8. The minimum absolute atomic E-state index is 0. The maximum absolute atomic E-state index is 13.4. The van der Waals surface area contributed by atoms with Crippen LogP contribution >= 0.6 is 24.0 Å². The molecule has 0 saturated carbocycles. The van der Waals surface area contributed by atoms with E-state index in [1.165, 1.54) is 18.4 Å². The Labute approximate surface area is 209 Å². The molecule has 1 aromatic heterocycles. The van der Waals surface area contributed by atoms with E-state index in [0.29, 0.717) is 30.5 Å². The maximum Gasteiger partial charge on any atom is 0.291 e. The van der Waals surface area contributed by atoms with Gasteiger partial charge in [-0.1, -0.05) is 25.1 Å². The van der Waals surface area contributed by atoms with Gasteiger partial charge >= 0.3 is 0 Å². The van der Waals surface area contributed by atoms with Gasteiger partial charge in [0.15, 0.2) is 11.7 Å². The minimum atomic E-state index is -0.328. The van der Waals surface area contributed by atoms with Crippen molar-refractivity contribution in [3.05, 3.63) is 84.1 Å². The number of carbonyl (C=O) groups excluding carboxylic acids is 1. The zero-order valence-corrected chi connectivity index (χ0v) is 20.8. The first-order chi connectivity index (χ1) is 15.6. The molecule has 0 saturated heterocycles. The van der Waals surface area contributed by atoms with E-state index < -0.39 is 0 Å². The normalized spacial score (nSPS) is 11.8. The number of aliphatic imine (C=N–C) groups is 1. The molecule has 9 heteroatoms. The third-order valence-corrected chi connectivity index (χ3v) is 4.66. The van der Waals surface area contributed by atoms with E-state index in [1.807, 2.05) is 31.2 Å². The van der Waals surface area contributed by atoms with E-state index in [0.717, 1.165) is 12.0 Å². The Morgan fingerprint density at radius 3 is 2.64 bits per heavy atom. The van der Waals surface area contributed by atoms with E-state index in [4.69, 9.17) is 9.15 Å². The van der Waals surface area contributed by atoms with Gasteiger partial charge in [0.05, 0.1) is 12.8 Å². The van der Waals surface area contributed by atoms with Crippen LogP contribution in [0.4, 0.5) is 10.1 Å². The molecule has 0 fully saturated rings. The van der Waals surface area contributed by atoms with E-state index in [1.54, 1.807) is 31.3 Å². The average Bonchev–Trinajstić information content (AvgIpc) is 3.34. The summed E-state index contributed by atoms with van der Waals surface area (Å²) in [5.41, 5.74) is 1.64. The molecule has 0 aliphatic carbocycles. The van der Waals surface area contributed by atoms with Crippen molar-refractivity contribution < 1.29 is 18.3 Å². The molecule has 0 aliphatic heterocycles. The quantitative estimate of drug-likeness (QED) is 0.197. The van der Waals surface area contributed by atoms with Gasteiger partial charge in [-0.3, -0.25) is 9.79 Å². The van der Waals surface area contributed by atoms with Crippen LogP contribution in [0.2, 0.25) is 0 Å². The van der Waals surface area contributed by atoms with Crippen LogP contribution in [-0.2, 0) is 6.54 Å². The summed E-state index contributed by atoms with van der Waals surface area (Å²) in [5.74, 6) is 0.724. The number of halogens is 2. The van der Waals surface area contributed by atoms with Gasteiger partial charge < -0.3 is 25.1 Å². The number of benzene rings is 2. The second-order valence-electron chi connectivity index (χ2n) is 7.04. The molecule has 7 nitrogen and oxygen atoms in total. The number of nitrogens with one attached hydrogen (secondary N) is 3. The summed E-state index contributed by atoms with van der Waals surface area (Å²) in [6.45, 7) is 3.02. The van der Waals surface area contributed by atoms with Gasteiger partial charge in [-0.05, 0) is 48.4 Å². The second-order valence-corrected chi connectivity index (χ2v) is 7.04. The fourth-order valence-electron chi connectivity index (χ4n) is 2.98. The van der Waals surface area contributed by atoms with Crippen molar-refractivity contribution in [3.63, 3.8) is 0 Å². The Kier molecular flexibility index (Phi) is 10.7. The molecule has 1 unspecified atom stereocenters. The highest BCUT2D eigenvalue weighted by atomic mass is 127. The van der Waals surface area contributed by atoms with Gasteiger partial charge in [-0.25, -0.2) is 4.39 Å². The molecule has 1 heterocycles. The van der Waals surface area contributed by atoms with Crippen LogP contribution in [-0.4, -0.2) is 31.6 Å². The predicted octanol–water partition coefficient (Wildman–Crippen LogP) is 4.81. The van der Waals surface area contributed by atoms with Crippen LogP contribution < -0.4 is 20.7 Å². The van der Waals surface area contributed by atoms with Crippen molar-refractivity contribution in [2.24, 2.45) is 4.99 Å². The summed E-state index contributed by atoms with van der Waals surface area (Å²) in [7, 11) is 1.68. The van der Waals surface area contributed by atoms with Crippen molar-refractivity contribution in [3.8, 4) is 5.75 Å². The average molecular weight is 566 g/mol. The van der Waals surface area contributed by atoms with Crippen LogP contribution in [0, 0.1) is 5.82 Å². The van der Waals surface area contributed by atoms with Gasteiger partial charge in [0.25, 0.3) is 5.91 Å². The molecule has 0 bridgehead atoms.